The van der Waals surface area contributed by atoms with Crippen LogP contribution in [0.2, 0.25) is 5.02 Å². The number of nitro groups is 1. The zero-order valence-electron chi connectivity index (χ0n) is 17.6. The van der Waals surface area contributed by atoms with Crippen molar-refractivity contribution >= 4 is 33.0 Å². The van der Waals surface area contributed by atoms with Crippen LogP contribution in [0.1, 0.15) is 22.6 Å². The summed E-state index contributed by atoms with van der Waals surface area (Å²) in [5, 5.41) is 16.2. The van der Waals surface area contributed by atoms with Gasteiger partial charge in [0.1, 0.15) is 0 Å². The van der Waals surface area contributed by atoms with Gasteiger partial charge in [-0.25, -0.2) is 12.7 Å². The quantitative estimate of drug-likeness (QED) is 0.320. The smallest absolute Gasteiger partial charge is 0.298 e. The number of anilines is 2. The molecule has 2 heterocycles. The third-order valence-electron chi connectivity index (χ3n) is 6.47. The van der Waals surface area contributed by atoms with Crippen LogP contribution in [-0.2, 0) is 15.6 Å². The van der Waals surface area contributed by atoms with Crippen LogP contribution >= 0.6 is 11.6 Å². The molecule has 0 saturated carbocycles. The Kier molecular flexibility index (Phi) is 4.77. The number of nitrogens with one attached hydrogen (secondary N) is 1. The molecule has 0 unspecified atom stereocenters. The summed E-state index contributed by atoms with van der Waals surface area (Å²) in [5.74, 6) is -0.801. The minimum atomic E-state index is -4.22. The fourth-order valence-electron chi connectivity index (χ4n) is 5.01. The zero-order chi connectivity index (χ0) is 23.5. The molecule has 0 radical (unpaired) electrons. The number of fused-ring (bicyclic) bond motifs is 4. The van der Waals surface area contributed by atoms with Crippen LogP contribution in [0.5, 0.6) is 0 Å². The second-order valence-corrected chi connectivity index (χ2v) is 10.4. The number of halogens is 1. The van der Waals surface area contributed by atoms with Crippen LogP contribution in [0, 0.1) is 17.0 Å². The number of rotatable bonds is 4. The molecule has 3 atom stereocenters. The summed E-state index contributed by atoms with van der Waals surface area (Å²) in [6, 6.07) is 18.2. The molecule has 0 saturated heterocycles. The molecule has 2 aliphatic rings. The van der Waals surface area contributed by atoms with E-state index in [1.165, 1.54) is 18.2 Å². The first-order valence-electron chi connectivity index (χ1n) is 10.3. The topological polar surface area (TPSA) is 92.6 Å². The fourth-order valence-corrected chi connectivity index (χ4v) is 6.96. The summed E-state index contributed by atoms with van der Waals surface area (Å²) in [4.78, 5) is 12.5. The number of hydrogen-bond donors (Lipinski definition) is 1. The largest absolute Gasteiger partial charge is 0.358 e. The van der Waals surface area contributed by atoms with Gasteiger partial charge in [0.05, 0.1) is 27.1 Å². The summed E-state index contributed by atoms with van der Waals surface area (Å²) < 4.78 is 29.0. The van der Waals surface area contributed by atoms with Gasteiger partial charge >= 0.3 is 0 Å². The zero-order valence-corrected chi connectivity index (χ0v) is 19.2. The third-order valence-corrected chi connectivity index (χ3v) is 8.55. The second kappa shape index (κ2) is 7.33. The first-order chi connectivity index (χ1) is 15.7. The Labute approximate surface area is 196 Å². The minimum Gasteiger partial charge on any atom is -0.358 e. The van der Waals surface area contributed by atoms with Crippen molar-refractivity contribution in [2.24, 2.45) is 0 Å². The molecule has 7 nitrogen and oxygen atoms in total. The van der Waals surface area contributed by atoms with Gasteiger partial charge in [-0.15, -0.1) is 6.58 Å². The molecule has 5 rings (SSSR count). The molecule has 0 amide bonds. The number of benzene rings is 3. The maximum atomic E-state index is 14.0. The lowest BCUT2D eigenvalue weighted by molar-refractivity contribution is -0.583. The summed E-state index contributed by atoms with van der Waals surface area (Å²) in [5.41, 5.74) is 0.638. The van der Waals surface area contributed by atoms with E-state index < -0.39 is 32.6 Å². The molecule has 0 aromatic heterocycles. The predicted octanol–water partition coefficient (Wildman–Crippen LogP) is 5.05. The maximum absolute atomic E-state index is 14.0. The maximum Gasteiger partial charge on any atom is 0.298 e. The van der Waals surface area contributed by atoms with E-state index in [9.17, 15) is 18.5 Å². The van der Waals surface area contributed by atoms with Crippen molar-refractivity contribution in [3.8, 4) is 0 Å². The molecular formula is C24H20ClN3O4S. The normalized spacial score (nSPS) is 23.2. The predicted molar refractivity (Wildman–Crippen MR) is 128 cm³/mol. The third kappa shape index (κ3) is 2.77. The van der Waals surface area contributed by atoms with Crippen LogP contribution < -0.4 is 9.62 Å². The van der Waals surface area contributed by atoms with Gasteiger partial charge in [0.15, 0.2) is 6.17 Å². The average Bonchev–Trinajstić information content (AvgIpc) is 3.10. The number of aryl methyl sites for hydroxylation is 1. The van der Waals surface area contributed by atoms with Crippen molar-refractivity contribution in [2.45, 2.75) is 29.4 Å². The van der Waals surface area contributed by atoms with Crippen LogP contribution in [0.25, 0.3) is 0 Å². The molecule has 3 aromatic rings. The highest BCUT2D eigenvalue weighted by Crippen LogP contribution is 2.59. The molecule has 9 heteroatoms. The molecule has 168 valence electrons. The molecule has 0 bridgehead atoms. The van der Waals surface area contributed by atoms with E-state index in [-0.39, 0.29) is 21.2 Å². The Balaban J connectivity index is 1.86. The van der Waals surface area contributed by atoms with Gasteiger partial charge in [-0.05, 0) is 42.8 Å². The molecular weight excluding hydrogens is 462 g/mol. The molecule has 33 heavy (non-hydrogen) atoms. The highest BCUT2D eigenvalue weighted by atomic mass is 35.5. The number of sulfonamides is 1. The van der Waals surface area contributed by atoms with Crippen molar-refractivity contribution in [3.63, 3.8) is 0 Å². The van der Waals surface area contributed by atoms with Gasteiger partial charge < -0.3 is 5.32 Å². The Morgan fingerprint density at radius 1 is 1.12 bits per heavy atom. The molecule has 0 spiro atoms. The van der Waals surface area contributed by atoms with Crippen molar-refractivity contribution in [2.75, 3.05) is 9.62 Å². The van der Waals surface area contributed by atoms with Gasteiger partial charge in [0.2, 0.25) is 0 Å². The van der Waals surface area contributed by atoms with Gasteiger partial charge in [0, 0.05) is 10.6 Å². The average molecular weight is 482 g/mol. The standard InChI is InChI=1S/C24H20ClN3O4S/c1-3-18-17-7-4-5-10-21(17)26-23-24(18,28(29)30)19-8-6-9-20(25)22(19)27(23)33(31,32)16-13-11-15(2)12-14-16/h3-14,18,23,26H,1H2,2H3/t18-,23-,24-/m1/s1. The molecule has 3 aromatic carbocycles. The van der Waals surface area contributed by atoms with E-state index >= 15 is 0 Å². The SMILES string of the molecule is C=C[C@@H]1c2ccccc2N[C@@H]2N(S(=O)(=O)c3ccc(C)cc3)c3c(Cl)cccc3[C@]12[N+](=O)[O-]. The van der Waals surface area contributed by atoms with Gasteiger partial charge in [0.25, 0.3) is 15.6 Å². The van der Waals surface area contributed by atoms with Crippen molar-refractivity contribution in [1.82, 2.24) is 0 Å². The van der Waals surface area contributed by atoms with Crippen LogP contribution in [0.4, 0.5) is 11.4 Å². The molecule has 1 N–H and O–H groups in total. The highest BCUT2D eigenvalue weighted by Gasteiger charge is 2.70. The summed E-state index contributed by atoms with van der Waals surface area (Å²) >= 11 is 6.53. The number of nitrogens with zero attached hydrogens (tertiary/aromatic N) is 2. The Morgan fingerprint density at radius 2 is 1.82 bits per heavy atom. The van der Waals surface area contributed by atoms with E-state index in [1.54, 1.807) is 54.6 Å². The van der Waals surface area contributed by atoms with E-state index in [1.807, 2.05) is 6.92 Å². The van der Waals surface area contributed by atoms with Crippen LogP contribution in [0.3, 0.4) is 0 Å². The Bertz CT molecular complexity index is 1410. The lowest BCUT2D eigenvalue weighted by atomic mass is 9.71. The van der Waals surface area contributed by atoms with Crippen LogP contribution in [0.15, 0.2) is 84.3 Å². The van der Waals surface area contributed by atoms with E-state index in [2.05, 4.69) is 11.9 Å². The lowest BCUT2D eigenvalue weighted by Crippen LogP contribution is -2.60. The molecule has 0 aliphatic carbocycles. The van der Waals surface area contributed by atoms with Gasteiger partial charge in [-0.3, -0.25) is 10.1 Å². The highest BCUT2D eigenvalue weighted by molar-refractivity contribution is 7.93. The van der Waals surface area contributed by atoms with E-state index in [4.69, 9.17) is 11.6 Å². The first-order valence-corrected chi connectivity index (χ1v) is 12.1. The lowest BCUT2D eigenvalue weighted by Gasteiger charge is -2.41. The summed E-state index contributed by atoms with van der Waals surface area (Å²) in [6.07, 6.45) is 0.258. The van der Waals surface area contributed by atoms with Crippen molar-refractivity contribution in [3.05, 3.63) is 111 Å². The Hall–Kier alpha value is -3.36. The van der Waals surface area contributed by atoms with E-state index in [0.717, 1.165) is 9.87 Å². The van der Waals surface area contributed by atoms with Crippen molar-refractivity contribution in [1.29, 1.82) is 0 Å². The minimum absolute atomic E-state index is 0.0222. The molecule has 0 fully saturated rings. The second-order valence-electron chi connectivity index (χ2n) is 8.18. The van der Waals surface area contributed by atoms with Crippen molar-refractivity contribution < 1.29 is 13.3 Å². The van der Waals surface area contributed by atoms with Gasteiger partial charge in [-0.1, -0.05) is 59.6 Å². The Morgan fingerprint density at radius 3 is 2.48 bits per heavy atom. The fraction of sp³-hybridized carbons (Fsp3) is 0.167. The summed E-state index contributed by atoms with van der Waals surface area (Å²) in [7, 11) is -4.22. The van der Waals surface area contributed by atoms with E-state index in [0.29, 0.717) is 11.3 Å². The summed E-state index contributed by atoms with van der Waals surface area (Å²) in [6.45, 7) is 5.74. The first kappa shape index (κ1) is 21.5. The van der Waals surface area contributed by atoms with Gasteiger partial charge in [-0.2, -0.15) is 0 Å². The monoisotopic (exact) mass is 481 g/mol. The number of hydrogen-bond acceptors (Lipinski definition) is 5. The van der Waals surface area contributed by atoms with Crippen LogP contribution in [-0.4, -0.2) is 19.5 Å². The number of para-hydroxylation sites is 2. The molecule has 2 aliphatic heterocycles.